The molecule has 0 atom stereocenters. The third-order valence-corrected chi connectivity index (χ3v) is 2.67. The van der Waals surface area contributed by atoms with Crippen molar-refractivity contribution in [2.45, 2.75) is 0 Å². The van der Waals surface area contributed by atoms with Crippen LogP contribution in [-0.4, -0.2) is 5.12 Å². The predicted octanol–water partition coefficient (Wildman–Crippen LogP) is 4.34. The summed E-state index contributed by atoms with van der Waals surface area (Å²) in [5.41, 5.74) is -0.194. The standard InChI is InChI=1S/C13H8ClFO2S/c14-8-3-1-4-9(7-8)17-11-6-2-5-10(15)12(11)13(16)18/h1-7H,(H,16,18). The van der Waals surface area contributed by atoms with Crippen molar-refractivity contribution in [2.24, 2.45) is 0 Å². The Kier molecular flexibility index (Phi) is 3.89. The molecule has 0 N–H and O–H groups in total. The smallest absolute Gasteiger partial charge is 0.223 e. The molecule has 0 fully saturated rings. The first-order valence-electron chi connectivity index (χ1n) is 5.03. The van der Waals surface area contributed by atoms with E-state index in [0.717, 1.165) is 0 Å². The van der Waals surface area contributed by atoms with Gasteiger partial charge in [-0.1, -0.05) is 23.7 Å². The number of rotatable bonds is 3. The summed E-state index contributed by atoms with van der Waals surface area (Å²) in [4.78, 5) is 11.3. The lowest BCUT2D eigenvalue weighted by atomic mass is 10.2. The fourth-order valence-electron chi connectivity index (χ4n) is 1.45. The first-order chi connectivity index (χ1) is 8.58. The molecular weight excluding hydrogens is 275 g/mol. The zero-order valence-electron chi connectivity index (χ0n) is 9.06. The SMILES string of the molecule is O=C(S)c1c(F)cccc1Oc1cccc(Cl)c1. The Balaban J connectivity index is 2.40. The van der Waals surface area contributed by atoms with Crippen molar-refractivity contribution in [2.75, 3.05) is 0 Å². The number of carbonyl (C=O) groups is 1. The molecule has 2 aromatic rings. The van der Waals surface area contributed by atoms with Gasteiger partial charge in [0, 0.05) is 5.02 Å². The highest BCUT2D eigenvalue weighted by Crippen LogP contribution is 2.29. The van der Waals surface area contributed by atoms with Gasteiger partial charge >= 0.3 is 0 Å². The molecule has 92 valence electrons. The van der Waals surface area contributed by atoms with Gasteiger partial charge in [-0.25, -0.2) is 4.39 Å². The van der Waals surface area contributed by atoms with Gasteiger partial charge in [-0.3, -0.25) is 4.79 Å². The average molecular weight is 283 g/mol. The van der Waals surface area contributed by atoms with E-state index in [-0.39, 0.29) is 11.3 Å². The summed E-state index contributed by atoms with van der Waals surface area (Å²) in [6.45, 7) is 0. The van der Waals surface area contributed by atoms with Crippen LogP contribution in [0.25, 0.3) is 0 Å². The Bertz CT molecular complexity index is 601. The van der Waals surface area contributed by atoms with Gasteiger partial charge in [-0.15, -0.1) is 12.6 Å². The molecule has 0 saturated carbocycles. The van der Waals surface area contributed by atoms with E-state index < -0.39 is 10.9 Å². The van der Waals surface area contributed by atoms with E-state index in [1.54, 1.807) is 24.3 Å². The summed E-state index contributed by atoms with van der Waals surface area (Å²) in [6, 6.07) is 10.7. The van der Waals surface area contributed by atoms with Crippen molar-refractivity contribution < 1.29 is 13.9 Å². The first kappa shape index (κ1) is 12.9. The van der Waals surface area contributed by atoms with Gasteiger partial charge < -0.3 is 4.74 Å². The topological polar surface area (TPSA) is 26.3 Å². The number of carbonyl (C=O) groups excluding carboxylic acids is 1. The lowest BCUT2D eigenvalue weighted by Gasteiger charge is -2.09. The predicted molar refractivity (Wildman–Crippen MR) is 71.2 cm³/mol. The van der Waals surface area contributed by atoms with Crippen LogP contribution in [-0.2, 0) is 0 Å². The van der Waals surface area contributed by atoms with E-state index in [4.69, 9.17) is 16.3 Å². The summed E-state index contributed by atoms with van der Waals surface area (Å²) in [6.07, 6.45) is 0. The molecule has 0 amide bonds. The second kappa shape index (κ2) is 5.42. The number of hydrogen-bond acceptors (Lipinski definition) is 2. The van der Waals surface area contributed by atoms with Crippen LogP contribution in [0.1, 0.15) is 10.4 Å². The third kappa shape index (κ3) is 2.83. The van der Waals surface area contributed by atoms with E-state index >= 15 is 0 Å². The maximum atomic E-state index is 13.5. The van der Waals surface area contributed by atoms with Crippen molar-refractivity contribution in [1.29, 1.82) is 0 Å². The Morgan fingerprint density at radius 3 is 2.61 bits per heavy atom. The fourth-order valence-corrected chi connectivity index (χ4v) is 1.85. The molecule has 2 nitrogen and oxygen atoms in total. The van der Waals surface area contributed by atoms with Gasteiger partial charge in [-0.05, 0) is 30.3 Å². The molecule has 0 saturated heterocycles. The highest BCUT2D eigenvalue weighted by molar-refractivity contribution is 7.97. The third-order valence-electron chi connectivity index (χ3n) is 2.21. The van der Waals surface area contributed by atoms with E-state index in [1.165, 1.54) is 18.2 Å². The zero-order chi connectivity index (χ0) is 13.1. The van der Waals surface area contributed by atoms with Gasteiger partial charge in [0.2, 0.25) is 5.12 Å². The highest BCUT2D eigenvalue weighted by atomic mass is 35.5. The Labute approximate surface area is 114 Å². The van der Waals surface area contributed by atoms with Crippen LogP contribution >= 0.6 is 24.2 Å². The Hall–Kier alpha value is -1.52. The molecule has 0 radical (unpaired) electrons. The fraction of sp³-hybridized carbons (Fsp3) is 0. The number of halogens is 2. The molecule has 18 heavy (non-hydrogen) atoms. The Morgan fingerprint density at radius 1 is 1.22 bits per heavy atom. The Morgan fingerprint density at radius 2 is 1.94 bits per heavy atom. The maximum absolute atomic E-state index is 13.5. The van der Waals surface area contributed by atoms with Gasteiger partial charge in [0.25, 0.3) is 0 Å². The van der Waals surface area contributed by atoms with Gasteiger partial charge in [0.1, 0.15) is 22.9 Å². The lowest BCUT2D eigenvalue weighted by Crippen LogP contribution is -1.99. The largest absolute Gasteiger partial charge is 0.456 e. The normalized spacial score (nSPS) is 10.2. The van der Waals surface area contributed by atoms with Crippen molar-refractivity contribution in [1.82, 2.24) is 0 Å². The molecular formula is C13H8ClFO2S. The quantitative estimate of drug-likeness (QED) is 0.848. The number of benzene rings is 2. The molecule has 0 aliphatic rings. The summed E-state index contributed by atoms with van der Waals surface area (Å²) in [7, 11) is 0. The zero-order valence-corrected chi connectivity index (χ0v) is 10.7. The maximum Gasteiger partial charge on any atom is 0.223 e. The van der Waals surface area contributed by atoms with E-state index in [0.29, 0.717) is 10.8 Å². The monoisotopic (exact) mass is 282 g/mol. The van der Waals surface area contributed by atoms with Crippen LogP contribution < -0.4 is 4.74 Å². The molecule has 0 heterocycles. The summed E-state index contributed by atoms with van der Waals surface area (Å²) in [5.74, 6) is -0.143. The molecule has 0 aliphatic heterocycles. The molecule has 0 unspecified atom stereocenters. The van der Waals surface area contributed by atoms with Gasteiger partial charge in [0.15, 0.2) is 0 Å². The second-order valence-corrected chi connectivity index (χ2v) is 4.32. The van der Waals surface area contributed by atoms with E-state index in [1.807, 2.05) is 0 Å². The number of hydrogen-bond donors (Lipinski definition) is 1. The number of thiol groups is 1. The summed E-state index contributed by atoms with van der Waals surface area (Å²) >= 11 is 9.44. The van der Waals surface area contributed by atoms with E-state index in [9.17, 15) is 9.18 Å². The molecule has 0 spiro atoms. The van der Waals surface area contributed by atoms with Gasteiger partial charge in [0.05, 0.1) is 0 Å². The van der Waals surface area contributed by atoms with Crippen molar-refractivity contribution >= 4 is 29.3 Å². The van der Waals surface area contributed by atoms with Crippen molar-refractivity contribution in [3.63, 3.8) is 0 Å². The van der Waals surface area contributed by atoms with Crippen LogP contribution in [0.5, 0.6) is 11.5 Å². The molecule has 0 bridgehead atoms. The highest BCUT2D eigenvalue weighted by Gasteiger charge is 2.15. The summed E-state index contributed by atoms with van der Waals surface area (Å²) < 4.78 is 18.9. The van der Waals surface area contributed by atoms with Crippen molar-refractivity contribution in [3.05, 3.63) is 58.9 Å². The minimum absolute atomic E-state index is 0.109. The van der Waals surface area contributed by atoms with Crippen LogP contribution in [0, 0.1) is 5.82 Å². The second-order valence-electron chi connectivity index (χ2n) is 3.48. The summed E-state index contributed by atoms with van der Waals surface area (Å²) in [5, 5.41) is -0.201. The average Bonchev–Trinajstić information content (AvgIpc) is 2.28. The van der Waals surface area contributed by atoms with Gasteiger partial charge in [-0.2, -0.15) is 0 Å². The molecule has 0 aromatic heterocycles. The van der Waals surface area contributed by atoms with Crippen LogP contribution in [0.15, 0.2) is 42.5 Å². The van der Waals surface area contributed by atoms with Crippen LogP contribution in [0.3, 0.4) is 0 Å². The van der Waals surface area contributed by atoms with E-state index in [2.05, 4.69) is 12.6 Å². The molecule has 5 heteroatoms. The lowest BCUT2D eigenvalue weighted by molar-refractivity contribution is 0.108. The molecule has 0 aliphatic carbocycles. The van der Waals surface area contributed by atoms with Crippen LogP contribution in [0.4, 0.5) is 4.39 Å². The minimum Gasteiger partial charge on any atom is -0.456 e. The van der Waals surface area contributed by atoms with Crippen molar-refractivity contribution in [3.8, 4) is 11.5 Å². The molecule has 2 rings (SSSR count). The minimum atomic E-state index is -0.690. The molecule has 2 aromatic carbocycles. The number of ether oxygens (including phenoxy) is 1. The first-order valence-corrected chi connectivity index (χ1v) is 5.85. The van der Waals surface area contributed by atoms with Crippen LogP contribution in [0.2, 0.25) is 5.02 Å².